The molecule has 0 atom stereocenters. The molecule has 1 heterocycles. The minimum Gasteiger partial charge on any atom is -0.397 e. The van der Waals surface area contributed by atoms with Gasteiger partial charge in [0.1, 0.15) is 6.54 Å². The third-order valence-corrected chi connectivity index (χ3v) is 4.97. The molecule has 1 amide bonds. The van der Waals surface area contributed by atoms with Crippen LogP contribution in [0.5, 0.6) is 0 Å². The van der Waals surface area contributed by atoms with E-state index in [9.17, 15) is 9.59 Å². The summed E-state index contributed by atoms with van der Waals surface area (Å²) in [6.45, 7) is 1.79. The summed E-state index contributed by atoms with van der Waals surface area (Å²) in [5, 5.41) is 3.03. The smallest absolute Gasteiger partial charge is 0.265 e. The molecule has 2 rings (SSSR count). The van der Waals surface area contributed by atoms with Crippen LogP contribution in [-0.2, 0) is 11.3 Å². The predicted molar refractivity (Wildman–Crippen MR) is 87.2 cm³/mol. The van der Waals surface area contributed by atoms with Gasteiger partial charge in [0.2, 0.25) is 5.91 Å². The van der Waals surface area contributed by atoms with E-state index in [4.69, 9.17) is 5.73 Å². The Morgan fingerprint density at radius 2 is 2.00 bits per heavy atom. The van der Waals surface area contributed by atoms with Gasteiger partial charge < -0.3 is 15.6 Å². The number of nitrogen functional groups attached to an aromatic ring is 1. The summed E-state index contributed by atoms with van der Waals surface area (Å²) in [5.41, 5.74) is 6.84. The summed E-state index contributed by atoms with van der Waals surface area (Å²) < 4.78 is 1.78. The van der Waals surface area contributed by atoms with Crippen LogP contribution in [0.15, 0.2) is 15.5 Å². The average Bonchev–Trinajstić information content (AvgIpc) is 2.71. The van der Waals surface area contributed by atoms with Gasteiger partial charge in [-0.3, -0.25) is 9.59 Å². The maximum absolute atomic E-state index is 12.1. The van der Waals surface area contributed by atoms with E-state index in [0.29, 0.717) is 15.7 Å². The van der Waals surface area contributed by atoms with E-state index in [2.05, 4.69) is 21.2 Å². The lowest BCUT2D eigenvalue weighted by molar-refractivity contribution is -0.122. The summed E-state index contributed by atoms with van der Waals surface area (Å²) in [7, 11) is 0. The van der Waals surface area contributed by atoms with E-state index in [1.54, 1.807) is 6.92 Å². The fourth-order valence-corrected chi connectivity index (χ4v) is 3.16. The minimum atomic E-state index is -0.224. The average molecular weight is 356 g/mol. The summed E-state index contributed by atoms with van der Waals surface area (Å²) in [5.74, 6) is -0.126. The lowest BCUT2D eigenvalue weighted by Gasteiger charge is -2.17. The summed E-state index contributed by atoms with van der Waals surface area (Å²) >= 11 is 3.23. The number of nitrogens with zero attached hydrogens (tertiary/aromatic N) is 1. The second kappa shape index (κ2) is 7.11. The van der Waals surface area contributed by atoms with E-state index >= 15 is 0 Å². The number of hydrogen-bond acceptors (Lipinski definition) is 3. The van der Waals surface area contributed by atoms with Crippen molar-refractivity contribution >= 4 is 27.5 Å². The Labute approximate surface area is 133 Å². The van der Waals surface area contributed by atoms with E-state index in [1.807, 2.05) is 0 Å². The molecule has 0 saturated heterocycles. The van der Waals surface area contributed by atoms with Gasteiger partial charge in [-0.2, -0.15) is 0 Å². The topological polar surface area (TPSA) is 77.1 Å². The number of nitrogens with two attached hydrogens (primary N) is 1. The summed E-state index contributed by atoms with van der Waals surface area (Å²) in [4.78, 5) is 24.2. The van der Waals surface area contributed by atoms with Crippen molar-refractivity contribution in [3.63, 3.8) is 0 Å². The Hall–Kier alpha value is -1.30. The van der Waals surface area contributed by atoms with Gasteiger partial charge in [0.15, 0.2) is 0 Å². The molecule has 1 aliphatic carbocycles. The van der Waals surface area contributed by atoms with Crippen LogP contribution in [0, 0.1) is 6.92 Å². The van der Waals surface area contributed by atoms with Crippen molar-refractivity contribution < 1.29 is 4.79 Å². The molecule has 3 N–H and O–H groups in total. The first-order chi connectivity index (χ1) is 9.99. The van der Waals surface area contributed by atoms with Crippen molar-refractivity contribution in [1.29, 1.82) is 0 Å². The Kier molecular flexibility index (Phi) is 5.45. The highest BCUT2D eigenvalue weighted by Gasteiger charge is 2.16. The third kappa shape index (κ3) is 4.09. The normalized spacial score (nSPS) is 16.5. The van der Waals surface area contributed by atoms with Crippen molar-refractivity contribution in [3.8, 4) is 0 Å². The van der Waals surface area contributed by atoms with Crippen molar-refractivity contribution in [1.82, 2.24) is 9.88 Å². The van der Waals surface area contributed by atoms with Crippen LogP contribution in [0.25, 0.3) is 0 Å². The summed E-state index contributed by atoms with van der Waals surface area (Å²) in [6.07, 6.45) is 8.40. The number of carbonyl (C=O) groups is 1. The molecule has 0 aromatic carbocycles. The van der Waals surface area contributed by atoms with E-state index in [1.165, 1.54) is 23.6 Å². The number of aromatic nitrogens is 1. The van der Waals surface area contributed by atoms with Gasteiger partial charge in [0, 0.05) is 12.2 Å². The zero-order chi connectivity index (χ0) is 15.4. The van der Waals surface area contributed by atoms with Crippen molar-refractivity contribution in [2.24, 2.45) is 0 Å². The van der Waals surface area contributed by atoms with Gasteiger partial charge in [0.05, 0.1) is 10.2 Å². The Balaban J connectivity index is 2.04. The molecule has 0 spiro atoms. The lowest BCUT2D eigenvalue weighted by atomic mass is 10.1. The molecule has 0 unspecified atom stereocenters. The molecular formula is C15H22BrN3O2. The standard InChI is InChI=1S/C15H22BrN3O2/c1-10-12(17)8-19(15(21)14(10)16)9-13(20)18-11-6-4-2-3-5-7-11/h8,11H,2-7,9,17H2,1H3,(H,18,20). The monoisotopic (exact) mass is 355 g/mol. The van der Waals surface area contributed by atoms with Crippen molar-refractivity contribution in [2.75, 3.05) is 5.73 Å². The second-order valence-corrected chi connectivity index (χ2v) is 6.51. The maximum atomic E-state index is 12.1. The first-order valence-corrected chi connectivity index (χ1v) is 8.22. The van der Waals surface area contributed by atoms with E-state index in [-0.39, 0.29) is 24.1 Å². The molecule has 1 aromatic heterocycles. The van der Waals surface area contributed by atoms with Gasteiger partial charge in [-0.15, -0.1) is 0 Å². The molecular weight excluding hydrogens is 334 g/mol. The first kappa shape index (κ1) is 16.1. The Morgan fingerprint density at radius 1 is 1.38 bits per heavy atom. The molecule has 1 fully saturated rings. The molecule has 1 saturated carbocycles. The molecule has 21 heavy (non-hydrogen) atoms. The molecule has 0 bridgehead atoms. The molecule has 0 radical (unpaired) electrons. The number of hydrogen-bond donors (Lipinski definition) is 2. The number of anilines is 1. The highest BCUT2D eigenvalue weighted by atomic mass is 79.9. The molecule has 5 nitrogen and oxygen atoms in total. The molecule has 1 aliphatic rings. The predicted octanol–water partition coefficient (Wildman–Crippen LogP) is 2.34. The van der Waals surface area contributed by atoms with Gasteiger partial charge >= 0.3 is 0 Å². The SMILES string of the molecule is Cc1c(N)cn(CC(=O)NC2CCCCCC2)c(=O)c1Br. The second-order valence-electron chi connectivity index (χ2n) is 5.71. The van der Waals surface area contributed by atoms with E-state index < -0.39 is 0 Å². The largest absolute Gasteiger partial charge is 0.397 e. The van der Waals surface area contributed by atoms with Crippen LogP contribution in [0.3, 0.4) is 0 Å². The zero-order valence-corrected chi connectivity index (χ0v) is 13.9. The summed E-state index contributed by atoms with van der Waals surface area (Å²) in [6, 6.07) is 0.238. The van der Waals surface area contributed by atoms with Crippen LogP contribution in [0.1, 0.15) is 44.1 Å². The van der Waals surface area contributed by atoms with E-state index in [0.717, 1.165) is 25.7 Å². The fraction of sp³-hybridized carbons (Fsp3) is 0.600. The minimum absolute atomic E-state index is 0.0123. The van der Waals surface area contributed by atoms with Gasteiger partial charge in [-0.25, -0.2) is 0 Å². The van der Waals surface area contributed by atoms with Crippen LogP contribution in [0.2, 0.25) is 0 Å². The van der Waals surface area contributed by atoms with Crippen molar-refractivity contribution in [3.05, 3.63) is 26.6 Å². The maximum Gasteiger partial charge on any atom is 0.265 e. The number of amides is 1. The highest BCUT2D eigenvalue weighted by Crippen LogP contribution is 2.18. The number of pyridine rings is 1. The molecule has 1 aromatic rings. The number of halogens is 1. The highest BCUT2D eigenvalue weighted by molar-refractivity contribution is 9.10. The zero-order valence-electron chi connectivity index (χ0n) is 12.3. The quantitative estimate of drug-likeness (QED) is 0.816. The number of rotatable bonds is 3. The first-order valence-electron chi connectivity index (χ1n) is 7.43. The Morgan fingerprint density at radius 3 is 2.62 bits per heavy atom. The number of carbonyl (C=O) groups excluding carboxylic acids is 1. The van der Waals surface area contributed by atoms with Crippen LogP contribution < -0.4 is 16.6 Å². The van der Waals surface area contributed by atoms with Crippen LogP contribution in [0.4, 0.5) is 5.69 Å². The molecule has 0 aliphatic heterocycles. The molecule has 6 heteroatoms. The van der Waals surface area contributed by atoms with Crippen LogP contribution >= 0.6 is 15.9 Å². The third-order valence-electron chi connectivity index (χ3n) is 4.04. The molecule has 116 valence electrons. The lowest BCUT2D eigenvalue weighted by Crippen LogP contribution is -2.38. The number of nitrogens with one attached hydrogen (secondary N) is 1. The van der Waals surface area contributed by atoms with Crippen molar-refractivity contribution in [2.45, 2.75) is 58.0 Å². The Bertz CT molecular complexity index is 575. The fourth-order valence-electron chi connectivity index (χ4n) is 2.71. The van der Waals surface area contributed by atoms with Gasteiger partial charge in [0.25, 0.3) is 5.56 Å². The van der Waals surface area contributed by atoms with Gasteiger partial charge in [-0.1, -0.05) is 25.7 Å². The van der Waals surface area contributed by atoms with Crippen LogP contribution in [-0.4, -0.2) is 16.5 Å². The van der Waals surface area contributed by atoms with Gasteiger partial charge in [-0.05, 0) is 41.3 Å².